The van der Waals surface area contributed by atoms with Crippen LogP contribution in [0.1, 0.15) is 15.9 Å². The zero-order valence-electron chi connectivity index (χ0n) is 11.8. The van der Waals surface area contributed by atoms with E-state index in [1.165, 1.54) is 16.8 Å². The molecule has 0 radical (unpaired) electrons. The lowest BCUT2D eigenvalue weighted by molar-refractivity contribution is -0.597. The number of aromatic nitrogens is 2. The van der Waals surface area contributed by atoms with Crippen LogP contribution in [-0.4, -0.2) is 16.0 Å². The van der Waals surface area contributed by atoms with Crippen LogP contribution >= 0.6 is 0 Å². The van der Waals surface area contributed by atoms with Crippen molar-refractivity contribution in [3.63, 3.8) is 0 Å². The second-order valence-electron chi connectivity index (χ2n) is 5.06. The molecule has 3 aromatic rings. The minimum absolute atomic E-state index is 0.0428. The quantitative estimate of drug-likeness (QED) is 0.613. The number of aromatic amines is 1. The molecular weight excluding hydrogens is 282 g/mol. The van der Waals surface area contributed by atoms with Gasteiger partial charge in [0.1, 0.15) is 5.56 Å². The predicted molar refractivity (Wildman–Crippen MR) is 81.0 cm³/mol. The predicted octanol–water partition coefficient (Wildman–Crippen LogP) is 0.918. The van der Waals surface area contributed by atoms with E-state index < -0.39 is 11.5 Å². The topological polar surface area (TPSA) is 100 Å². The molecule has 0 aliphatic carbocycles. The molecule has 0 aliphatic rings. The number of aromatic hydroxyl groups is 1. The average Bonchev–Trinajstić information content (AvgIpc) is 2.48. The Morgan fingerprint density at radius 2 is 2.09 bits per heavy atom. The first kappa shape index (κ1) is 13.8. The normalized spacial score (nSPS) is 10.8. The molecular formula is C16H14N3O3+. The number of carbonyl (C=O) groups is 1. The molecule has 1 amide bonds. The number of rotatable bonds is 2. The fourth-order valence-corrected chi connectivity index (χ4v) is 2.38. The van der Waals surface area contributed by atoms with E-state index in [9.17, 15) is 14.7 Å². The van der Waals surface area contributed by atoms with Gasteiger partial charge in [-0.15, -0.1) is 0 Å². The molecule has 110 valence electrons. The van der Waals surface area contributed by atoms with Gasteiger partial charge < -0.3 is 15.8 Å². The van der Waals surface area contributed by atoms with Crippen LogP contribution in [0, 0.1) is 6.92 Å². The van der Waals surface area contributed by atoms with E-state index >= 15 is 0 Å². The molecule has 0 saturated heterocycles. The monoisotopic (exact) mass is 296 g/mol. The van der Waals surface area contributed by atoms with Gasteiger partial charge in [-0.2, -0.15) is 4.57 Å². The van der Waals surface area contributed by atoms with E-state index in [1.807, 2.05) is 13.0 Å². The van der Waals surface area contributed by atoms with Crippen LogP contribution in [0.15, 0.2) is 47.5 Å². The number of aryl methyl sites for hydroxylation is 1. The Hall–Kier alpha value is -3.15. The van der Waals surface area contributed by atoms with Crippen molar-refractivity contribution in [1.29, 1.82) is 0 Å². The number of H-pyrrole nitrogens is 1. The Morgan fingerprint density at radius 1 is 1.32 bits per heavy atom. The standard InChI is InChI=1S/C16H13N3O3/c1-9-4-5-12-11(7-9)14(20)13(16(22)18-12)19-6-2-3-10(8-19)15(17)21/h2-8H,1H3,(H3-,17,18,20,21,22)/p+1. The number of amides is 1. The van der Waals surface area contributed by atoms with Gasteiger partial charge in [0.2, 0.25) is 5.75 Å². The molecule has 1 aromatic carbocycles. The van der Waals surface area contributed by atoms with Gasteiger partial charge >= 0.3 is 11.2 Å². The second kappa shape index (κ2) is 5.00. The lowest BCUT2D eigenvalue weighted by Crippen LogP contribution is -2.38. The van der Waals surface area contributed by atoms with Gasteiger partial charge in [-0.05, 0) is 25.1 Å². The Morgan fingerprint density at radius 3 is 2.82 bits per heavy atom. The largest absolute Gasteiger partial charge is 0.502 e. The fourth-order valence-electron chi connectivity index (χ4n) is 2.38. The first-order chi connectivity index (χ1) is 10.5. The number of hydrogen-bond acceptors (Lipinski definition) is 3. The molecule has 6 nitrogen and oxygen atoms in total. The Labute approximate surface area is 125 Å². The fraction of sp³-hybridized carbons (Fsp3) is 0.0625. The third kappa shape index (κ3) is 2.20. The summed E-state index contributed by atoms with van der Waals surface area (Å²) in [4.78, 5) is 26.3. The van der Waals surface area contributed by atoms with Crippen LogP contribution in [0.2, 0.25) is 0 Å². The van der Waals surface area contributed by atoms with E-state index in [2.05, 4.69) is 4.98 Å². The molecule has 0 unspecified atom stereocenters. The van der Waals surface area contributed by atoms with E-state index in [1.54, 1.807) is 24.4 Å². The lowest BCUT2D eigenvalue weighted by Gasteiger charge is -2.04. The number of carbonyl (C=O) groups excluding carboxylic acids is 1. The molecule has 0 atom stereocenters. The summed E-state index contributed by atoms with van der Waals surface area (Å²) < 4.78 is 1.38. The van der Waals surface area contributed by atoms with Crippen LogP contribution in [0.3, 0.4) is 0 Å². The minimum Gasteiger partial charge on any atom is -0.502 e. The molecule has 0 spiro atoms. The highest BCUT2D eigenvalue weighted by Gasteiger charge is 2.22. The maximum Gasteiger partial charge on any atom is 0.325 e. The van der Waals surface area contributed by atoms with Crippen molar-refractivity contribution in [3.05, 3.63) is 64.2 Å². The minimum atomic E-state index is -0.609. The first-order valence-electron chi connectivity index (χ1n) is 6.64. The lowest BCUT2D eigenvalue weighted by atomic mass is 10.1. The number of fused-ring (bicyclic) bond motifs is 1. The highest BCUT2D eigenvalue weighted by molar-refractivity contribution is 5.92. The Bertz CT molecular complexity index is 960. The van der Waals surface area contributed by atoms with Crippen molar-refractivity contribution in [1.82, 2.24) is 4.98 Å². The number of benzene rings is 1. The van der Waals surface area contributed by atoms with Gasteiger partial charge in [0.25, 0.3) is 5.91 Å². The summed E-state index contributed by atoms with van der Waals surface area (Å²) in [7, 11) is 0. The van der Waals surface area contributed by atoms with Gasteiger partial charge in [0, 0.05) is 11.5 Å². The van der Waals surface area contributed by atoms with Gasteiger partial charge in [-0.25, -0.2) is 0 Å². The van der Waals surface area contributed by atoms with Gasteiger partial charge in [0.15, 0.2) is 12.4 Å². The summed E-state index contributed by atoms with van der Waals surface area (Å²) in [5.74, 6) is -0.754. The number of nitrogens with two attached hydrogens (primary N) is 1. The van der Waals surface area contributed by atoms with Crippen molar-refractivity contribution in [2.75, 3.05) is 0 Å². The van der Waals surface area contributed by atoms with Crippen molar-refractivity contribution in [2.45, 2.75) is 6.92 Å². The summed E-state index contributed by atoms with van der Waals surface area (Å²) in [6.45, 7) is 1.89. The number of nitrogens with one attached hydrogen (secondary N) is 1. The van der Waals surface area contributed by atoms with Crippen molar-refractivity contribution in [3.8, 4) is 11.4 Å². The van der Waals surface area contributed by atoms with Gasteiger partial charge in [0.05, 0.1) is 5.52 Å². The molecule has 0 aliphatic heterocycles. The van der Waals surface area contributed by atoms with Crippen LogP contribution in [0.5, 0.6) is 5.75 Å². The molecule has 3 rings (SSSR count). The Balaban J connectivity index is 2.33. The maximum absolute atomic E-state index is 12.3. The molecule has 2 heterocycles. The summed E-state index contributed by atoms with van der Waals surface area (Å²) in [6, 6.07) is 8.48. The van der Waals surface area contributed by atoms with Crippen molar-refractivity contribution >= 4 is 16.8 Å². The van der Waals surface area contributed by atoms with E-state index in [4.69, 9.17) is 5.73 Å². The molecule has 6 heteroatoms. The Kier molecular flexibility index (Phi) is 3.14. The number of hydrogen-bond donors (Lipinski definition) is 3. The molecule has 0 bridgehead atoms. The van der Waals surface area contributed by atoms with Gasteiger partial charge in [-0.3, -0.25) is 9.59 Å². The molecule has 0 saturated carbocycles. The number of primary amides is 1. The summed E-state index contributed by atoms with van der Waals surface area (Å²) >= 11 is 0. The van der Waals surface area contributed by atoms with Crippen LogP contribution in [0.4, 0.5) is 0 Å². The van der Waals surface area contributed by atoms with E-state index in [0.717, 1.165) is 5.56 Å². The molecule has 4 N–H and O–H groups in total. The smallest absolute Gasteiger partial charge is 0.325 e. The van der Waals surface area contributed by atoms with Crippen molar-refractivity contribution < 1.29 is 14.5 Å². The molecule has 2 aromatic heterocycles. The summed E-state index contributed by atoms with van der Waals surface area (Å²) in [5, 5.41) is 11.0. The molecule has 0 fully saturated rings. The highest BCUT2D eigenvalue weighted by Crippen LogP contribution is 2.25. The van der Waals surface area contributed by atoms with Gasteiger partial charge in [-0.1, -0.05) is 11.6 Å². The van der Waals surface area contributed by atoms with E-state index in [0.29, 0.717) is 10.9 Å². The summed E-state index contributed by atoms with van der Waals surface area (Å²) in [5.41, 5.74) is 6.57. The van der Waals surface area contributed by atoms with E-state index in [-0.39, 0.29) is 17.0 Å². The maximum atomic E-state index is 12.3. The first-order valence-corrected chi connectivity index (χ1v) is 6.64. The zero-order valence-corrected chi connectivity index (χ0v) is 11.8. The third-order valence-electron chi connectivity index (χ3n) is 3.46. The van der Waals surface area contributed by atoms with Crippen molar-refractivity contribution in [2.24, 2.45) is 5.73 Å². The SMILES string of the molecule is Cc1ccc2[nH]c(=O)c(-[n+]3cccc(C(N)=O)c3)c(O)c2c1. The highest BCUT2D eigenvalue weighted by atomic mass is 16.3. The third-order valence-corrected chi connectivity index (χ3v) is 3.46. The zero-order chi connectivity index (χ0) is 15.9. The average molecular weight is 296 g/mol. The molecule has 22 heavy (non-hydrogen) atoms. The van der Waals surface area contributed by atoms with Crippen LogP contribution < -0.4 is 15.9 Å². The van der Waals surface area contributed by atoms with Crippen LogP contribution in [-0.2, 0) is 0 Å². The number of pyridine rings is 2. The summed E-state index contributed by atoms with van der Waals surface area (Å²) in [6.07, 6.45) is 2.98. The van der Waals surface area contributed by atoms with Crippen LogP contribution in [0.25, 0.3) is 16.6 Å². The number of nitrogens with zero attached hydrogens (tertiary/aromatic N) is 1. The second-order valence-corrected chi connectivity index (χ2v) is 5.06.